The highest BCUT2D eigenvalue weighted by Gasteiger charge is 2.20. The van der Waals surface area contributed by atoms with Crippen LogP contribution in [0.4, 0.5) is 4.39 Å². The van der Waals surface area contributed by atoms with E-state index in [4.69, 9.17) is 14.2 Å². The predicted molar refractivity (Wildman–Crippen MR) is 126 cm³/mol. The van der Waals surface area contributed by atoms with E-state index in [9.17, 15) is 4.39 Å². The molecule has 1 aliphatic heterocycles. The van der Waals surface area contributed by atoms with Gasteiger partial charge in [-0.3, -0.25) is 9.80 Å². The van der Waals surface area contributed by atoms with Crippen LogP contribution in [-0.4, -0.2) is 82.5 Å². The molecule has 0 radical (unpaired) electrons. The molecule has 0 aliphatic carbocycles. The van der Waals surface area contributed by atoms with E-state index in [0.29, 0.717) is 40.6 Å². The molecule has 1 aromatic carbocycles. The normalized spacial score (nSPS) is 16.1. The molecule has 4 heterocycles. The minimum atomic E-state index is -0.899. The highest BCUT2D eigenvalue weighted by molar-refractivity contribution is 5.87. The van der Waals surface area contributed by atoms with E-state index < -0.39 is 6.30 Å². The number of hydrogen-bond donors (Lipinski definition) is 1. The molecule has 9 nitrogen and oxygen atoms in total. The van der Waals surface area contributed by atoms with E-state index in [1.807, 2.05) is 35.4 Å². The van der Waals surface area contributed by atoms with Gasteiger partial charge in [0.05, 0.1) is 24.2 Å². The quantitative estimate of drug-likeness (QED) is 0.394. The molecule has 3 aromatic heterocycles. The third kappa shape index (κ3) is 4.73. The SMILES string of the molecule is COc1cc2c(Oc3cnc4[nH]ccc4c3)ncnc2cc1OCCN1CCN(C(C)F)CC1. The van der Waals surface area contributed by atoms with Crippen molar-refractivity contribution < 1.29 is 18.6 Å². The lowest BCUT2D eigenvalue weighted by Crippen LogP contribution is -2.49. The number of methoxy groups -OCH3 is 1. The second kappa shape index (κ2) is 9.78. The number of H-pyrrole nitrogens is 1. The van der Waals surface area contributed by atoms with Crippen LogP contribution >= 0.6 is 0 Å². The summed E-state index contributed by atoms with van der Waals surface area (Å²) in [6, 6.07) is 7.49. The first kappa shape index (κ1) is 22.3. The van der Waals surface area contributed by atoms with Crippen LogP contribution in [0.15, 0.2) is 43.0 Å². The maximum atomic E-state index is 13.4. The topological polar surface area (TPSA) is 88.6 Å². The molecule has 1 unspecified atom stereocenters. The van der Waals surface area contributed by atoms with E-state index in [0.717, 1.165) is 43.8 Å². The van der Waals surface area contributed by atoms with E-state index in [1.54, 1.807) is 20.2 Å². The minimum Gasteiger partial charge on any atom is -0.493 e. The molecule has 1 N–H and O–H groups in total. The molecule has 5 rings (SSSR count). The van der Waals surface area contributed by atoms with Crippen LogP contribution in [0.25, 0.3) is 21.9 Å². The van der Waals surface area contributed by atoms with E-state index in [-0.39, 0.29) is 0 Å². The number of nitrogens with one attached hydrogen (secondary N) is 1. The number of rotatable bonds is 8. The Morgan fingerprint density at radius 3 is 2.74 bits per heavy atom. The molecule has 1 fully saturated rings. The van der Waals surface area contributed by atoms with Gasteiger partial charge in [-0.2, -0.15) is 0 Å². The van der Waals surface area contributed by atoms with Crippen LogP contribution in [-0.2, 0) is 0 Å². The summed E-state index contributed by atoms with van der Waals surface area (Å²) < 4.78 is 31.1. The van der Waals surface area contributed by atoms with Crippen molar-refractivity contribution >= 4 is 21.9 Å². The van der Waals surface area contributed by atoms with Crippen molar-refractivity contribution in [2.75, 3.05) is 46.4 Å². The summed E-state index contributed by atoms with van der Waals surface area (Å²) in [5.41, 5.74) is 1.48. The maximum absolute atomic E-state index is 13.4. The first-order valence-corrected chi connectivity index (χ1v) is 11.3. The number of alkyl halides is 1. The van der Waals surface area contributed by atoms with Gasteiger partial charge in [0.1, 0.15) is 24.3 Å². The number of hydrogen-bond acceptors (Lipinski definition) is 8. The van der Waals surface area contributed by atoms with Gasteiger partial charge in [0.15, 0.2) is 17.8 Å². The molecule has 10 heteroatoms. The van der Waals surface area contributed by atoms with Crippen molar-refractivity contribution in [3.63, 3.8) is 0 Å². The zero-order valence-corrected chi connectivity index (χ0v) is 19.2. The van der Waals surface area contributed by atoms with Gasteiger partial charge in [0.25, 0.3) is 0 Å². The number of fused-ring (bicyclic) bond motifs is 2. The molecular formula is C24H27FN6O3. The molecule has 0 bridgehead atoms. The van der Waals surface area contributed by atoms with Gasteiger partial charge in [-0.15, -0.1) is 0 Å². The summed E-state index contributed by atoms with van der Waals surface area (Å²) in [5, 5.41) is 1.65. The largest absolute Gasteiger partial charge is 0.493 e. The van der Waals surface area contributed by atoms with Crippen molar-refractivity contribution in [2.24, 2.45) is 0 Å². The Bertz CT molecular complexity index is 1270. The molecule has 1 atom stereocenters. The number of ether oxygens (including phenoxy) is 3. The van der Waals surface area contributed by atoms with E-state index >= 15 is 0 Å². The Kier molecular flexibility index (Phi) is 6.41. The van der Waals surface area contributed by atoms with Gasteiger partial charge in [-0.1, -0.05) is 0 Å². The Labute approximate surface area is 196 Å². The molecule has 34 heavy (non-hydrogen) atoms. The van der Waals surface area contributed by atoms with Gasteiger partial charge >= 0.3 is 0 Å². The highest BCUT2D eigenvalue weighted by atomic mass is 19.1. The fourth-order valence-corrected chi connectivity index (χ4v) is 4.11. The van der Waals surface area contributed by atoms with Crippen LogP contribution in [0.2, 0.25) is 0 Å². The van der Waals surface area contributed by atoms with Crippen molar-refractivity contribution in [3.8, 4) is 23.1 Å². The minimum absolute atomic E-state index is 0.409. The number of pyridine rings is 1. The number of aromatic nitrogens is 4. The maximum Gasteiger partial charge on any atom is 0.230 e. The van der Waals surface area contributed by atoms with Crippen molar-refractivity contribution in [3.05, 3.63) is 43.0 Å². The molecule has 0 amide bonds. The summed E-state index contributed by atoms with van der Waals surface area (Å²) >= 11 is 0. The standard InChI is InChI=1S/C24H27FN6O3/c1-16(25)31-7-5-30(6-8-31)9-10-33-22-13-20-19(12-21(22)32-2)24(29-15-28-20)34-18-11-17-3-4-26-23(17)27-14-18/h3-4,11-16H,5-10H2,1-2H3,(H,26,27). The van der Waals surface area contributed by atoms with Gasteiger partial charge in [-0.05, 0) is 25.1 Å². The van der Waals surface area contributed by atoms with Crippen LogP contribution in [0.1, 0.15) is 6.92 Å². The van der Waals surface area contributed by atoms with Gasteiger partial charge in [-0.25, -0.2) is 19.3 Å². The lowest BCUT2D eigenvalue weighted by Gasteiger charge is -2.35. The van der Waals surface area contributed by atoms with Crippen LogP contribution in [0.5, 0.6) is 23.1 Å². The lowest BCUT2D eigenvalue weighted by molar-refractivity contribution is 0.0384. The Morgan fingerprint density at radius 1 is 1.09 bits per heavy atom. The summed E-state index contributed by atoms with van der Waals surface area (Å²) in [7, 11) is 1.60. The highest BCUT2D eigenvalue weighted by Crippen LogP contribution is 2.36. The summed E-state index contributed by atoms with van der Waals surface area (Å²) in [6.07, 6.45) is 4.04. The van der Waals surface area contributed by atoms with Crippen molar-refractivity contribution in [2.45, 2.75) is 13.2 Å². The van der Waals surface area contributed by atoms with Crippen molar-refractivity contribution in [1.82, 2.24) is 29.7 Å². The molecule has 1 aliphatic rings. The zero-order chi connectivity index (χ0) is 23.5. The fraction of sp³-hybridized carbons (Fsp3) is 0.375. The van der Waals surface area contributed by atoms with Crippen LogP contribution < -0.4 is 14.2 Å². The van der Waals surface area contributed by atoms with Gasteiger partial charge in [0.2, 0.25) is 5.88 Å². The average Bonchev–Trinajstić information content (AvgIpc) is 3.32. The third-order valence-electron chi connectivity index (χ3n) is 6.05. The molecule has 0 saturated carbocycles. The van der Waals surface area contributed by atoms with Crippen molar-refractivity contribution in [1.29, 1.82) is 0 Å². The monoisotopic (exact) mass is 466 g/mol. The van der Waals surface area contributed by atoms with Crippen LogP contribution in [0, 0.1) is 0 Å². The number of nitrogens with zero attached hydrogens (tertiary/aromatic N) is 5. The number of halogens is 1. The second-order valence-corrected chi connectivity index (χ2v) is 8.19. The summed E-state index contributed by atoms with van der Waals surface area (Å²) in [6.45, 7) is 5.93. The number of aromatic amines is 1. The van der Waals surface area contributed by atoms with Crippen LogP contribution in [0.3, 0.4) is 0 Å². The Hall–Kier alpha value is -3.50. The Morgan fingerprint density at radius 2 is 1.94 bits per heavy atom. The van der Waals surface area contributed by atoms with Gasteiger partial charge < -0.3 is 19.2 Å². The molecule has 0 spiro atoms. The first-order chi connectivity index (χ1) is 16.6. The lowest BCUT2D eigenvalue weighted by atomic mass is 10.2. The molecular weight excluding hydrogens is 439 g/mol. The predicted octanol–water partition coefficient (Wildman–Crippen LogP) is 3.62. The molecule has 4 aromatic rings. The zero-order valence-electron chi connectivity index (χ0n) is 19.2. The smallest absolute Gasteiger partial charge is 0.230 e. The van der Waals surface area contributed by atoms with E-state index in [1.165, 1.54) is 6.33 Å². The fourth-order valence-electron chi connectivity index (χ4n) is 4.11. The summed E-state index contributed by atoms with van der Waals surface area (Å²) in [5.74, 6) is 2.16. The molecule has 178 valence electrons. The van der Waals surface area contributed by atoms with E-state index in [2.05, 4.69) is 24.8 Å². The van der Waals surface area contributed by atoms with Gasteiger partial charge in [0, 0.05) is 50.4 Å². The molecule has 1 saturated heterocycles. The summed E-state index contributed by atoms with van der Waals surface area (Å²) in [4.78, 5) is 20.2. The third-order valence-corrected chi connectivity index (χ3v) is 6.05. The Balaban J connectivity index is 1.29. The number of piperazine rings is 1. The number of benzene rings is 1. The first-order valence-electron chi connectivity index (χ1n) is 11.3. The second-order valence-electron chi connectivity index (χ2n) is 8.19. The average molecular weight is 467 g/mol.